The molecule has 3 fully saturated rings. The van der Waals surface area contributed by atoms with Gasteiger partial charge in [-0.05, 0) is 92.5 Å². The standard InChI is InChI=1S/C22H29FN3O9P.C18H17F5NO5P.C10H13FN2O5.C4H8O.C4H9.ClH.Mg/c1-13(2)33-19(29)14(3)25-36(31,35-15-8-6-5-7-9-15)32-12-16-18(28)22(4,23)20(34-16)26-11-10-17(27)24-21(26)30;1-9(2)27-18(25)10(3)24-30(26,28-11-7-5-4-6-8-11)29-17-15(22)13(20)12(19)14(21)16(17)23;1-10(11)7(16)5(4-14)18-8(10)13-3-2-6(15)12-9(13)17;1-2-4-5-3-1;1-4(2)3;;/h5-11,13-14,16,18,20,28H,12H2,1-4H3,(H,25,31)(H,24,27,30);4-10H,1-3H3,(H,24,26);2-3,5,7-8,14,16H,4H2,1H3,(H,12,15,17);1-4H2;1-3H3;1H;/q;;;;-1;;+2/p-1/t14-,16+,18+,20+,22+,36-;10-,30-;5-,7-,8?,10-;;;;/m001..../s1/i18D;;7D;;;;. The van der Waals surface area contributed by atoms with Crippen LogP contribution in [-0.4, -0.2) is 156 Å². The quantitative estimate of drug-likeness (QED) is 0.0110. The maximum absolute atomic E-state index is 15.6. The molecule has 0 spiro atoms. The summed E-state index contributed by atoms with van der Waals surface area (Å²) in [5.74, 6) is -13.9. The molecule has 5 aromatic rings. The maximum Gasteiger partial charge on any atom is 2.00 e. The van der Waals surface area contributed by atoms with E-state index in [0.29, 0.717) is 4.57 Å². The Labute approximate surface area is 566 Å². The molecule has 0 amide bonds. The fourth-order valence-electron chi connectivity index (χ4n) is 7.81. The Morgan fingerprint density at radius 3 is 1.36 bits per heavy atom. The number of aliphatic hydroxyl groups is 3. The molecule has 95 heavy (non-hydrogen) atoms. The van der Waals surface area contributed by atoms with Crippen LogP contribution in [0.15, 0.2) is 104 Å². The Hall–Kier alpha value is -5.97. The number of aliphatic hydroxyl groups excluding tert-OH is 1. The van der Waals surface area contributed by atoms with Crippen LogP contribution in [0, 0.1) is 35.0 Å². The van der Waals surface area contributed by atoms with E-state index in [1.165, 1.54) is 82.9 Å². The zero-order valence-electron chi connectivity index (χ0n) is 55.2. The summed E-state index contributed by atoms with van der Waals surface area (Å²) in [5, 5.41) is 34.0. The molecule has 12 atom stereocenters. The summed E-state index contributed by atoms with van der Waals surface area (Å²) in [6, 6.07) is 14.2. The van der Waals surface area contributed by atoms with Crippen molar-refractivity contribution < 1.29 is 122 Å². The summed E-state index contributed by atoms with van der Waals surface area (Å²) in [4.78, 5) is 74.2. The largest absolute Gasteiger partial charge is 2.00 e. The molecule has 3 saturated heterocycles. The summed E-state index contributed by atoms with van der Waals surface area (Å²) in [6.07, 6.45) is -8.96. The molecule has 1 unspecified atom stereocenters. The van der Waals surface area contributed by atoms with Crippen molar-refractivity contribution in [2.75, 3.05) is 26.4 Å². The molecule has 37 heteroatoms. The van der Waals surface area contributed by atoms with Gasteiger partial charge >= 0.3 is 61.9 Å². The van der Waals surface area contributed by atoms with E-state index < -0.39 is 170 Å². The molecular formula is C58H76ClF7MgN6O20P2. The third-order valence-corrected chi connectivity index (χ3v) is 15.4. The number of aromatic amines is 2. The van der Waals surface area contributed by atoms with Crippen LogP contribution in [0.1, 0.15) is 104 Å². The summed E-state index contributed by atoms with van der Waals surface area (Å²) in [5.41, 5.74) is -8.90. The van der Waals surface area contributed by atoms with Gasteiger partial charge in [0.1, 0.15) is 48.0 Å². The molecule has 7 N–H and O–H groups in total. The van der Waals surface area contributed by atoms with Crippen LogP contribution >= 0.6 is 15.5 Å². The summed E-state index contributed by atoms with van der Waals surface area (Å²) >= 11 is 0. The van der Waals surface area contributed by atoms with E-state index in [1.807, 2.05) is 9.97 Å². The predicted octanol–water partition coefficient (Wildman–Crippen LogP) is 4.09. The van der Waals surface area contributed by atoms with Crippen LogP contribution in [0.3, 0.4) is 0 Å². The van der Waals surface area contributed by atoms with Gasteiger partial charge in [0, 0.05) is 37.7 Å². The second-order valence-electron chi connectivity index (χ2n) is 21.7. The van der Waals surface area contributed by atoms with E-state index in [4.69, 9.17) is 45.1 Å². The normalized spacial score (nSPS) is 24.8. The first-order valence-corrected chi connectivity index (χ1v) is 31.4. The predicted molar refractivity (Wildman–Crippen MR) is 324 cm³/mol. The third-order valence-electron chi connectivity index (χ3n) is 12.2. The Morgan fingerprint density at radius 2 is 1.01 bits per heavy atom. The van der Waals surface area contributed by atoms with Gasteiger partial charge in [-0.2, -0.15) is 39.7 Å². The van der Waals surface area contributed by atoms with E-state index in [1.54, 1.807) is 38.1 Å². The van der Waals surface area contributed by atoms with Crippen molar-refractivity contribution in [1.82, 2.24) is 29.3 Å². The number of esters is 2. The topological polar surface area (TPSA) is 346 Å². The van der Waals surface area contributed by atoms with Crippen molar-refractivity contribution in [2.24, 2.45) is 0 Å². The molecule has 3 aliphatic heterocycles. The second kappa shape index (κ2) is 38.2. The molecule has 0 aliphatic carbocycles. The second-order valence-corrected chi connectivity index (χ2v) is 25.0. The first-order valence-electron chi connectivity index (χ1n) is 29.3. The number of para-hydroxylation sites is 2. The number of hydrogen-bond acceptors (Lipinski definition) is 20. The van der Waals surface area contributed by atoms with E-state index >= 15 is 4.39 Å². The first kappa shape index (κ1) is 81.5. The van der Waals surface area contributed by atoms with Crippen LogP contribution in [0.4, 0.5) is 30.7 Å². The van der Waals surface area contributed by atoms with Gasteiger partial charge in [0.2, 0.25) is 34.8 Å². The zero-order chi connectivity index (χ0) is 71.8. The third kappa shape index (κ3) is 24.8. The molecule has 0 saturated carbocycles. The van der Waals surface area contributed by atoms with E-state index in [2.05, 4.69) is 35.5 Å². The van der Waals surface area contributed by atoms with Crippen LogP contribution in [-0.2, 0) is 46.9 Å². The molecule has 2 aromatic heterocycles. The number of hydrogen-bond donors (Lipinski definition) is 7. The summed E-state index contributed by atoms with van der Waals surface area (Å²) in [6.45, 7) is 17.2. The van der Waals surface area contributed by atoms with Gasteiger partial charge in [0.05, 0.1) is 28.2 Å². The molecule has 0 radical (unpaired) electrons. The number of nitrogens with one attached hydrogen (secondary N) is 4. The van der Waals surface area contributed by atoms with Crippen molar-refractivity contribution in [1.29, 1.82) is 0 Å². The smallest absolute Gasteiger partial charge is 1.00 e. The van der Waals surface area contributed by atoms with Crippen molar-refractivity contribution >= 4 is 50.5 Å². The minimum atomic E-state index is -4.91. The number of aromatic nitrogens is 4. The van der Waals surface area contributed by atoms with Crippen molar-refractivity contribution in [2.45, 2.75) is 161 Å². The van der Waals surface area contributed by atoms with Crippen LogP contribution in [0.25, 0.3) is 0 Å². The number of benzene rings is 3. The van der Waals surface area contributed by atoms with Gasteiger partial charge in [-0.15, -0.1) is 0 Å². The van der Waals surface area contributed by atoms with Gasteiger partial charge in [-0.1, -0.05) is 36.4 Å². The molecule has 0 bridgehead atoms. The number of H-pyrrole nitrogens is 2. The molecular weight excluding hydrogens is 1360 g/mol. The molecule has 526 valence electrons. The Balaban J connectivity index is 0.000000476. The van der Waals surface area contributed by atoms with Crippen molar-refractivity contribution in [3.05, 3.63) is 162 Å². The number of halogens is 8. The number of ether oxygens (including phenoxy) is 5. The first-order chi connectivity index (χ1) is 44.1. The van der Waals surface area contributed by atoms with Crippen LogP contribution < -0.4 is 58.7 Å². The molecule has 26 nitrogen and oxygen atoms in total. The molecule has 5 heterocycles. The van der Waals surface area contributed by atoms with E-state index in [9.17, 15) is 74.5 Å². The summed E-state index contributed by atoms with van der Waals surface area (Å²) in [7, 11) is -9.33. The van der Waals surface area contributed by atoms with Crippen molar-refractivity contribution in [3.63, 3.8) is 0 Å². The Kier molecular flexibility index (Phi) is 32.8. The molecule has 8 rings (SSSR count). The average Bonchev–Trinajstić information content (AvgIpc) is 1.60. The zero-order valence-corrected chi connectivity index (χ0v) is 57.2. The van der Waals surface area contributed by atoms with Gasteiger partial charge in [0.25, 0.3) is 11.1 Å². The Morgan fingerprint density at radius 1 is 0.653 bits per heavy atom. The number of nitrogens with zero attached hydrogens (tertiary/aromatic N) is 2. The van der Waals surface area contributed by atoms with Crippen LogP contribution in [0.5, 0.6) is 17.2 Å². The average molecular weight is 1430 g/mol. The monoisotopic (exact) mass is 1430 g/mol. The number of carbonyl (C=O) groups is 2. The number of alkyl halides is 2. The minimum Gasteiger partial charge on any atom is -1.00 e. The number of carbonyl (C=O) groups excluding carboxylic acids is 2. The summed E-state index contributed by atoms with van der Waals surface area (Å²) < 4.78 is 188. The Bertz CT molecular complexity index is 3680. The van der Waals surface area contributed by atoms with E-state index in [0.717, 1.165) is 56.2 Å². The van der Waals surface area contributed by atoms with Crippen molar-refractivity contribution in [3.8, 4) is 17.2 Å². The van der Waals surface area contributed by atoms with Crippen LogP contribution in [0.2, 0.25) is 0 Å². The van der Waals surface area contributed by atoms with Gasteiger partial charge in [-0.3, -0.25) is 42.8 Å². The SMILES string of the molecule is C1CCOC1.CC(C)OC(=O)[C@H](C)N[P@](=O)(Oc1ccccc1)Oc1c(F)c(F)c(F)c(F)c1F.C[C-](C)C.[2H][C@@]1(O)[C@@H](CO)OC(n2ccc(=O)[nH]c2=O)[C@]1(C)F.[2H][C@@]1(O)[C@@H](CO[P@@](=O)(N[C@@H](C)C(=O)OC(C)C)Oc2ccccc2)O[C@@H](n2ccc(=O)[nH]c2=O)[C@]1(C)F.[Cl-].[Mg+2]. The van der Waals surface area contributed by atoms with Gasteiger partial charge in [0.15, 0.2) is 23.8 Å². The molecule has 3 aromatic carbocycles. The van der Waals surface area contributed by atoms with Gasteiger partial charge in [-0.25, -0.2) is 40.7 Å². The minimum absolute atomic E-state index is 0. The fourth-order valence-corrected chi connectivity index (χ4v) is 10.8. The van der Waals surface area contributed by atoms with Gasteiger partial charge < -0.3 is 70.9 Å². The number of rotatable bonds is 20. The van der Waals surface area contributed by atoms with E-state index in [-0.39, 0.29) is 47.0 Å². The fraction of sp³-hybridized carbons (Fsp3) is 0.500. The maximum atomic E-state index is 15.6. The molecule has 3 aliphatic rings.